The molecule has 0 amide bonds. The van der Waals surface area contributed by atoms with Crippen molar-refractivity contribution in [1.82, 2.24) is 9.55 Å². The maximum Gasteiger partial charge on any atom is 0.152 e. The number of ketones is 1. The zero-order valence-electron chi connectivity index (χ0n) is 8.38. The molecule has 1 unspecified atom stereocenters. The maximum atomic E-state index is 11.5. The minimum Gasteiger partial charge on any atom is -0.321 e. The average Bonchev–Trinajstić information content (AvgIpc) is 2.43. The second-order valence-corrected chi connectivity index (χ2v) is 4.54. The number of fused-ring (bicyclic) bond motifs is 1. The van der Waals surface area contributed by atoms with Crippen LogP contribution in [0.3, 0.4) is 0 Å². The van der Waals surface area contributed by atoms with Crippen LogP contribution in [0.2, 0.25) is 0 Å². The molecule has 0 saturated carbocycles. The molecule has 0 saturated heterocycles. The maximum absolute atomic E-state index is 11.5. The molecule has 1 aliphatic heterocycles. The molecule has 0 aromatic carbocycles. The van der Waals surface area contributed by atoms with Crippen LogP contribution in [0.1, 0.15) is 37.3 Å². The van der Waals surface area contributed by atoms with Gasteiger partial charge in [-0.25, -0.2) is 4.98 Å². The van der Waals surface area contributed by atoms with Gasteiger partial charge in [0.05, 0.1) is 11.7 Å². The van der Waals surface area contributed by atoms with Gasteiger partial charge in [-0.2, -0.15) is 0 Å². The van der Waals surface area contributed by atoms with E-state index in [4.69, 9.17) is 0 Å². The van der Waals surface area contributed by atoms with Crippen molar-refractivity contribution in [2.24, 2.45) is 0 Å². The van der Waals surface area contributed by atoms with E-state index in [-0.39, 0.29) is 11.8 Å². The molecule has 0 N–H and O–H groups in total. The van der Waals surface area contributed by atoms with Gasteiger partial charge in [0.15, 0.2) is 5.78 Å². The molecule has 1 aromatic heterocycles. The second kappa shape index (κ2) is 3.50. The minimum absolute atomic E-state index is 0.0116. The summed E-state index contributed by atoms with van der Waals surface area (Å²) >= 11 is 3.44. The number of imidazole rings is 1. The van der Waals surface area contributed by atoms with E-state index in [1.807, 2.05) is 6.92 Å². The molecule has 14 heavy (non-hydrogen) atoms. The van der Waals surface area contributed by atoms with Crippen LogP contribution in [0.25, 0.3) is 0 Å². The Hall–Kier alpha value is -0.640. The first kappa shape index (κ1) is 9.90. The van der Waals surface area contributed by atoms with Crippen molar-refractivity contribution in [2.45, 2.75) is 39.2 Å². The van der Waals surface area contributed by atoms with Crippen molar-refractivity contribution in [3.05, 3.63) is 16.1 Å². The molecule has 1 aliphatic rings. The number of rotatable bonds is 1. The van der Waals surface area contributed by atoms with Gasteiger partial charge in [0, 0.05) is 0 Å². The van der Waals surface area contributed by atoms with Gasteiger partial charge in [-0.1, -0.05) is 0 Å². The molecule has 0 spiro atoms. The number of carbonyl (C=O) groups is 1. The van der Waals surface area contributed by atoms with Crippen LogP contribution in [-0.4, -0.2) is 15.3 Å². The predicted molar refractivity (Wildman–Crippen MR) is 57.3 cm³/mol. The number of aromatic nitrogens is 2. The number of hydrogen-bond donors (Lipinski definition) is 0. The molecular formula is C10H13BrN2O. The van der Waals surface area contributed by atoms with Crippen LogP contribution in [0, 0.1) is 6.92 Å². The van der Waals surface area contributed by atoms with E-state index in [0.717, 1.165) is 29.7 Å². The fraction of sp³-hybridized carbons (Fsp3) is 0.600. The molecule has 2 heterocycles. The molecular weight excluding hydrogens is 244 g/mol. The van der Waals surface area contributed by atoms with Gasteiger partial charge in [-0.15, -0.1) is 0 Å². The van der Waals surface area contributed by atoms with Gasteiger partial charge in [0.2, 0.25) is 0 Å². The Bertz CT molecular complexity index is 384. The molecule has 0 aliphatic carbocycles. The van der Waals surface area contributed by atoms with Crippen LogP contribution in [0.5, 0.6) is 0 Å². The summed E-state index contributed by atoms with van der Waals surface area (Å²) in [4.78, 5) is 15.8. The zero-order chi connectivity index (χ0) is 10.3. The SMILES string of the molecule is CC(=O)C1CCCc2c(Br)nc(C)n21. The third kappa shape index (κ3) is 1.41. The van der Waals surface area contributed by atoms with Crippen LogP contribution >= 0.6 is 15.9 Å². The summed E-state index contributed by atoms with van der Waals surface area (Å²) in [7, 11) is 0. The molecule has 1 atom stereocenters. The van der Waals surface area contributed by atoms with E-state index in [0.29, 0.717) is 0 Å². The van der Waals surface area contributed by atoms with Gasteiger partial charge >= 0.3 is 0 Å². The van der Waals surface area contributed by atoms with Crippen molar-refractivity contribution >= 4 is 21.7 Å². The summed E-state index contributed by atoms with van der Waals surface area (Å²) in [5.41, 5.74) is 1.17. The lowest BCUT2D eigenvalue weighted by atomic mass is 10.00. The summed E-state index contributed by atoms with van der Waals surface area (Å²) in [6, 6.07) is 0.0116. The number of hydrogen-bond acceptors (Lipinski definition) is 2. The standard InChI is InChI=1S/C10H13BrN2O/c1-6(14)8-4-3-5-9-10(11)12-7(2)13(8)9/h8H,3-5H2,1-2H3. The number of carbonyl (C=O) groups excluding carboxylic acids is 1. The van der Waals surface area contributed by atoms with Gasteiger partial charge in [-0.05, 0) is 49.0 Å². The molecule has 3 nitrogen and oxygen atoms in total. The van der Waals surface area contributed by atoms with Crippen molar-refractivity contribution in [2.75, 3.05) is 0 Å². The summed E-state index contributed by atoms with van der Waals surface area (Å²) < 4.78 is 2.98. The second-order valence-electron chi connectivity index (χ2n) is 3.79. The normalized spacial score (nSPS) is 20.6. The lowest BCUT2D eigenvalue weighted by Crippen LogP contribution is -2.24. The molecule has 2 rings (SSSR count). The van der Waals surface area contributed by atoms with E-state index < -0.39 is 0 Å². The molecule has 0 fully saturated rings. The first-order valence-corrected chi connectivity index (χ1v) is 5.64. The largest absolute Gasteiger partial charge is 0.321 e. The Morgan fingerprint density at radius 2 is 2.36 bits per heavy atom. The Balaban J connectivity index is 2.53. The van der Waals surface area contributed by atoms with Gasteiger partial charge in [-0.3, -0.25) is 4.79 Å². The molecule has 0 radical (unpaired) electrons. The summed E-state index contributed by atoms with van der Waals surface area (Å²) in [5.74, 6) is 1.17. The van der Waals surface area contributed by atoms with E-state index in [2.05, 4.69) is 25.5 Å². The lowest BCUT2D eigenvalue weighted by molar-refractivity contribution is -0.120. The third-order valence-corrected chi connectivity index (χ3v) is 3.44. The first-order valence-electron chi connectivity index (χ1n) is 4.85. The molecule has 76 valence electrons. The van der Waals surface area contributed by atoms with E-state index in [1.165, 1.54) is 5.69 Å². The highest BCUT2D eigenvalue weighted by Crippen LogP contribution is 2.31. The summed E-state index contributed by atoms with van der Waals surface area (Å²) in [6.45, 7) is 3.61. The van der Waals surface area contributed by atoms with Gasteiger partial charge in [0.25, 0.3) is 0 Å². The zero-order valence-corrected chi connectivity index (χ0v) is 9.97. The Morgan fingerprint density at radius 3 is 3.00 bits per heavy atom. The van der Waals surface area contributed by atoms with E-state index in [9.17, 15) is 4.79 Å². The highest BCUT2D eigenvalue weighted by Gasteiger charge is 2.27. The number of nitrogens with zero attached hydrogens (tertiary/aromatic N) is 2. The fourth-order valence-corrected chi connectivity index (χ4v) is 2.82. The van der Waals surface area contributed by atoms with Crippen LogP contribution in [-0.2, 0) is 11.2 Å². The number of aryl methyl sites for hydroxylation is 1. The summed E-state index contributed by atoms with van der Waals surface area (Å²) in [5, 5.41) is 0. The Kier molecular flexibility index (Phi) is 2.47. The molecule has 0 bridgehead atoms. The monoisotopic (exact) mass is 256 g/mol. The fourth-order valence-electron chi connectivity index (χ4n) is 2.17. The Morgan fingerprint density at radius 1 is 1.64 bits per heavy atom. The first-order chi connectivity index (χ1) is 6.61. The van der Waals surface area contributed by atoms with Gasteiger partial charge in [0.1, 0.15) is 10.4 Å². The Labute approximate surface area is 91.6 Å². The van der Waals surface area contributed by atoms with Crippen molar-refractivity contribution < 1.29 is 4.79 Å². The molecule has 1 aromatic rings. The third-order valence-electron chi connectivity index (χ3n) is 2.81. The summed E-state index contributed by atoms with van der Waals surface area (Å²) in [6.07, 6.45) is 3.05. The number of halogens is 1. The van der Waals surface area contributed by atoms with Crippen molar-refractivity contribution in [3.8, 4) is 0 Å². The van der Waals surface area contributed by atoms with Gasteiger partial charge < -0.3 is 4.57 Å². The van der Waals surface area contributed by atoms with Crippen molar-refractivity contribution in [3.63, 3.8) is 0 Å². The van der Waals surface area contributed by atoms with E-state index >= 15 is 0 Å². The number of Topliss-reactive ketones (excluding diaryl/α,β-unsaturated/α-hetero) is 1. The lowest BCUT2D eigenvalue weighted by Gasteiger charge is -2.24. The van der Waals surface area contributed by atoms with Crippen LogP contribution < -0.4 is 0 Å². The topological polar surface area (TPSA) is 34.9 Å². The minimum atomic E-state index is 0.0116. The van der Waals surface area contributed by atoms with Crippen LogP contribution in [0.4, 0.5) is 0 Å². The molecule has 4 heteroatoms. The highest BCUT2D eigenvalue weighted by molar-refractivity contribution is 9.10. The predicted octanol–water partition coefficient (Wildman–Crippen LogP) is 2.42. The smallest absolute Gasteiger partial charge is 0.152 e. The van der Waals surface area contributed by atoms with E-state index in [1.54, 1.807) is 6.92 Å². The highest BCUT2D eigenvalue weighted by atomic mass is 79.9. The van der Waals surface area contributed by atoms with Crippen LogP contribution in [0.15, 0.2) is 4.60 Å². The quantitative estimate of drug-likeness (QED) is 0.774. The van der Waals surface area contributed by atoms with Crippen molar-refractivity contribution in [1.29, 1.82) is 0 Å². The average molecular weight is 257 g/mol.